The van der Waals surface area contributed by atoms with Crippen LogP contribution in [0.25, 0.3) is 6.08 Å². The molecule has 1 aliphatic heterocycles. The third-order valence-corrected chi connectivity index (χ3v) is 3.22. The maximum absolute atomic E-state index is 11.6. The molecule has 1 heterocycles. The molecule has 1 amide bonds. The lowest BCUT2D eigenvalue weighted by molar-refractivity contribution is -0.116. The number of amides is 1. The van der Waals surface area contributed by atoms with E-state index < -0.39 is 5.91 Å². The average molecular weight is 286 g/mol. The Balaban J connectivity index is 2.47. The average Bonchev–Trinajstić information content (AvgIpc) is 2.83. The van der Waals surface area contributed by atoms with Crippen LogP contribution in [0.4, 0.5) is 0 Å². The molecule has 0 aromatic heterocycles. The van der Waals surface area contributed by atoms with Crippen LogP contribution >= 0.6 is 0 Å². The number of nitriles is 1. The lowest BCUT2D eigenvalue weighted by Crippen LogP contribution is -2.19. The van der Waals surface area contributed by atoms with E-state index in [9.17, 15) is 4.79 Å². The molecular weight excluding hydrogens is 268 g/mol. The topological polar surface area (TPSA) is 71.3 Å². The second-order valence-electron chi connectivity index (χ2n) is 4.81. The summed E-state index contributed by atoms with van der Waals surface area (Å²) in [6.45, 7) is 4.41. The third-order valence-electron chi connectivity index (χ3n) is 3.22. The van der Waals surface area contributed by atoms with Crippen LogP contribution in [0.15, 0.2) is 17.7 Å². The van der Waals surface area contributed by atoms with Crippen molar-refractivity contribution in [2.45, 2.75) is 26.4 Å². The van der Waals surface area contributed by atoms with Crippen molar-refractivity contribution in [2.75, 3.05) is 13.7 Å². The van der Waals surface area contributed by atoms with Gasteiger partial charge in [0.05, 0.1) is 6.61 Å². The number of likely N-dealkylation sites (N-methyl/N-ethyl adjacent to an activating group) is 1. The molecule has 0 unspecified atom stereocenters. The number of benzene rings is 1. The van der Waals surface area contributed by atoms with Gasteiger partial charge in [0.2, 0.25) is 0 Å². The molecule has 0 radical (unpaired) electrons. The number of rotatable bonds is 4. The highest BCUT2D eigenvalue weighted by Gasteiger charge is 2.22. The largest absolute Gasteiger partial charge is 0.493 e. The monoisotopic (exact) mass is 286 g/mol. The molecule has 0 aliphatic carbocycles. The van der Waals surface area contributed by atoms with Gasteiger partial charge >= 0.3 is 0 Å². The van der Waals surface area contributed by atoms with E-state index in [1.54, 1.807) is 0 Å². The second-order valence-corrected chi connectivity index (χ2v) is 4.81. The Labute approximate surface area is 124 Å². The maximum atomic E-state index is 11.6. The number of fused-ring (bicyclic) bond motifs is 1. The van der Waals surface area contributed by atoms with Crippen LogP contribution in [0.5, 0.6) is 11.5 Å². The van der Waals surface area contributed by atoms with E-state index in [1.807, 2.05) is 32.0 Å². The van der Waals surface area contributed by atoms with Crippen LogP contribution in [0, 0.1) is 11.3 Å². The molecule has 1 N–H and O–H groups in total. The Kier molecular flexibility index (Phi) is 4.49. The minimum Gasteiger partial charge on any atom is -0.493 e. The minimum absolute atomic E-state index is 0.0319. The third kappa shape index (κ3) is 3.16. The summed E-state index contributed by atoms with van der Waals surface area (Å²) in [5, 5.41) is 11.5. The molecule has 5 nitrogen and oxygen atoms in total. The molecule has 2 rings (SSSR count). The van der Waals surface area contributed by atoms with Crippen molar-refractivity contribution in [1.82, 2.24) is 5.32 Å². The van der Waals surface area contributed by atoms with E-state index in [-0.39, 0.29) is 11.7 Å². The SMILES string of the molecule is CCOc1cc2c(cc1/C=C(\C#N)C(=O)NC)O[C@H](C)C2. The number of carbonyl (C=O) groups is 1. The number of nitrogens with one attached hydrogen (secondary N) is 1. The van der Waals surface area contributed by atoms with Crippen LogP contribution in [0.3, 0.4) is 0 Å². The molecule has 1 aromatic rings. The summed E-state index contributed by atoms with van der Waals surface area (Å²) >= 11 is 0. The normalized spacial score (nSPS) is 16.7. The van der Waals surface area contributed by atoms with Crippen molar-refractivity contribution >= 4 is 12.0 Å². The van der Waals surface area contributed by atoms with E-state index >= 15 is 0 Å². The Bertz CT molecular complexity index is 629. The summed E-state index contributed by atoms with van der Waals surface area (Å²) in [7, 11) is 1.49. The van der Waals surface area contributed by atoms with E-state index in [4.69, 9.17) is 14.7 Å². The minimum atomic E-state index is -0.422. The number of hydrogen-bond acceptors (Lipinski definition) is 4. The van der Waals surface area contributed by atoms with Gasteiger partial charge in [-0.3, -0.25) is 4.79 Å². The van der Waals surface area contributed by atoms with Crippen LogP contribution in [0.1, 0.15) is 25.0 Å². The summed E-state index contributed by atoms with van der Waals surface area (Å²) in [6.07, 6.45) is 2.49. The smallest absolute Gasteiger partial charge is 0.261 e. The van der Waals surface area contributed by atoms with Gasteiger partial charge in [-0.05, 0) is 32.1 Å². The van der Waals surface area contributed by atoms with Gasteiger partial charge in [-0.25, -0.2) is 0 Å². The fourth-order valence-corrected chi connectivity index (χ4v) is 2.29. The quantitative estimate of drug-likeness (QED) is 0.679. The number of hydrogen-bond donors (Lipinski definition) is 1. The van der Waals surface area contributed by atoms with Crippen LogP contribution in [0.2, 0.25) is 0 Å². The fourth-order valence-electron chi connectivity index (χ4n) is 2.29. The first-order chi connectivity index (χ1) is 10.1. The van der Waals surface area contributed by atoms with Gasteiger partial charge in [0, 0.05) is 24.6 Å². The fraction of sp³-hybridized carbons (Fsp3) is 0.375. The molecule has 0 saturated heterocycles. The van der Waals surface area contributed by atoms with Crippen molar-refractivity contribution in [3.8, 4) is 17.6 Å². The predicted molar refractivity (Wildman–Crippen MR) is 79.1 cm³/mol. The van der Waals surface area contributed by atoms with Crippen molar-refractivity contribution in [3.05, 3.63) is 28.8 Å². The highest BCUT2D eigenvalue weighted by Crippen LogP contribution is 2.36. The van der Waals surface area contributed by atoms with Gasteiger partial charge < -0.3 is 14.8 Å². The summed E-state index contributed by atoms with van der Waals surface area (Å²) < 4.78 is 11.3. The first kappa shape index (κ1) is 14.9. The predicted octanol–water partition coefficient (Wildman–Crippen LogP) is 2.06. The molecule has 21 heavy (non-hydrogen) atoms. The summed E-state index contributed by atoms with van der Waals surface area (Å²) in [5.74, 6) is 1.02. The standard InChI is InChI=1S/C16H18N2O3/c1-4-20-14-7-11-5-10(2)21-15(11)8-12(14)6-13(9-17)16(19)18-3/h6-8,10H,4-5H2,1-3H3,(H,18,19)/b13-6+/t10-/m1/s1. The molecule has 0 spiro atoms. The molecule has 1 aromatic carbocycles. The Morgan fingerprint density at radius 2 is 2.38 bits per heavy atom. The van der Waals surface area contributed by atoms with E-state index in [1.165, 1.54) is 13.1 Å². The molecule has 5 heteroatoms. The summed E-state index contributed by atoms with van der Waals surface area (Å²) in [5.41, 5.74) is 1.79. The lowest BCUT2D eigenvalue weighted by Gasteiger charge is -2.10. The van der Waals surface area contributed by atoms with Crippen LogP contribution in [-0.4, -0.2) is 25.7 Å². The maximum Gasteiger partial charge on any atom is 0.261 e. The van der Waals surface area contributed by atoms with Crippen molar-refractivity contribution in [1.29, 1.82) is 5.26 Å². The molecule has 0 saturated carbocycles. The molecule has 110 valence electrons. The van der Waals surface area contributed by atoms with E-state index in [0.29, 0.717) is 17.9 Å². The summed E-state index contributed by atoms with van der Waals surface area (Å²) in [4.78, 5) is 11.6. The Hall–Kier alpha value is -2.48. The molecular formula is C16H18N2O3. The van der Waals surface area contributed by atoms with Gasteiger partial charge in [-0.15, -0.1) is 0 Å². The van der Waals surface area contributed by atoms with Gasteiger partial charge in [0.15, 0.2) is 0 Å². The van der Waals surface area contributed by atoms with Gasteiger partial charge in [0.1, 0.15) is 29.2 Å². The van der Waals surface area contributed by atoms with Crippen molar-refractivity contribution in [3.63, 3.8) is 0 Å². The van der Waals surface area contributed by atoms with E-state index in [2.05, 4.69) is 5.32 Å². The highest BCUT2D eigenvalue weighted by molar-refractivity contribution is 6.01. The first-order valence-corrected chi connectivity index (χ1v) is 6.89. The van der Waals surface area contributed by atoms with Crippen LogP contribution < -0.4 is 14.8 Å². The second kappa shape index (κ2) is 6.31. The van der Waals surface area contributed by atoms with Gasteiger partial charge in [-0.1, -0.05) is 0 Å². The molecule has 0 bridgehead atoms. The Morgan fingerprint density at radius 3 is 3.00 bits per heavy atom. The number of nitrogens with zero attached hydrogens (tertiary/aromatic N) is 1. The lowest BCUT2D eigenvalue weighted by atomic mass is 10.0. The zero-order valence-electron chi connectivity index (χ0n) is 12.4. The van der Waals surface area contributed by atoms with Crippen LogP contribution in [-0.2, 0) is 11.2 Å². The zero-order chi connectivity index (χ0) is 15.4. The molecule has 0 fully saturated rings. The number of carbonyl (C=O) groups excluding carboxylic acids is 1. The Morgan fingerprint density at radius 1 is 1.62 bits per heavy atom. The summed E-state index contributed by atoms with van der Waals surface area (Å²) in [6, 6.07) is 5.65. The van der Waals surface area contributed by atoms with Gasteiger partial charge in [0.25, 0.3) is 5.91 Å². The highest BCUT2D eigenvalue weighted by atomic mass is 16.5. The van der Waals surface area contributed by atoms with Crippen molar-refractivity contribution in [2.24, 2.45) is 0 Å². The number of ether oxygens (including phenoxy) is 2. The molecule has 1 aliphatic rings. The van der Waals surface area contributed by atoms with Crippen molar-refractivity contribution < 1.29 is 14.3 Å². The van der Waals surface area contributed by atoms with Gasteiger partial charge in [-0.2, -0.15) is 5.26 Å². The first-order valence-electron chi connectivity index (χ1n) is 6.89. The zero-order valence-corrected chi connectivity index (χ0v) is 12.4. The molecule has 1 atom stereocenters. The van der Waals surface area contributed by atoms with E-state index in [0.717, 1.165) is 17.7 Å².